The Kier molecular flexibility index (Phi) is 9.16. The highest BCUT2D eigenvalue weighted by molar-refractivity contribution is 5.91. The lowest BCUT2D eigenvalue weighted by atomic mass is 10.0. The molecule has 0 spiro atoms. The van der Waals surface area contributed by atoms with E-state index in [1.807, 2.05) is 6.07 Å². The second-order valence-corrected chi connectivity index (χ2v) is 10.7. The van der Waals surface area contributed by atoms with Gasteiger partial charge in [0.05, 0.1) is 35.3 Å². The number of nitrogens with one attached hydrogen (secondary N) is 2. The van der Waals surface area contributed by atoms with E-state index in [0.29, 0.717) is 42.8 Å². The third-order valence-corrected chi connectivity index (χ3v) is 7.63. The third kappa shape index (κ3) is 7.66. The van der Waals surface area contributed by atoms with E-state index >= 15 is 0 Å². The Morgan fingerprint density at radius 1 is 0.911 bits per heavy atom. The maximum Gasteiger partial charge on any atom is 0.416 e. The number of halogens is 3. The third-order valence-electron chi connectivity index (χ3n) is 7.63. The van der Waals surface area contributed by atoms with Crippen LogP contribution in [0.1, 0.15) is 30.5 Å². The summed E-state index contributed by atoms with van der Waals surface area (Å²) in [5.41, 5.74) is 0.736. The minimum Gasteiger partial charge on any atom is -0.368 e. The predicted molar refractivity (Wildman–Crippen MR) is 162 cm³/mol. The number of amides is 3. The average Bonchev–Trinajstić information content (AvgIpc) is 3.02. The molecule has 1 aromatic heterocycles. The number of carbonyl (C=O) groups is 3. The molecule has 5 rings (SSSR count). The van der Waals surface area contributed by atoms with Crippen molar-refractivity contribution in [2.75, 3.05) is 36.4 Å². The van der Waals surface area contributed by atoms with E-state index in [4.69, 9.17) is 0 Å². The number of aromatic nitrogens is 2. The first-order valence-electron chi connectivity index (χ1n) is 14.3. The molecule has 1 unspecified atom stereocenters. The number of hydrogen-bond acceptors (Lipinski definition) is 6. The van der Waals surface area contributed by atoms with Crippen molar-refractivity contribution in [3.05, 3.63) is 101 Å². The van der Waals surface area contributed by atoms with Crippen LogP contribution in [0.3, 0.4) is 0 Å². The minimum atomic E-state index is -4.55. The lowest BCUT2D eigenvalue weighted by Crippen LogP contribution is -2.48. The smallest absolute Gasteiger partial charge is 0.368 e. The van der Waals surface area contributed by atoms with Gasteiger partial charge in [-0.2, -0.15) is 13.2 Å². The molecular weight excluding hydrogens is 589 g/mol. The molecule has 3 amide bonds. The molecule has 0 aliphatic carbocycles. The number of piperazine rings is 1. The van der Waals surface area contributed by atoms with Gasteiger partial charge in [0.2, 0.25) is 17.7 Å². The van der Waals surface area contributed by atoms with Crippen molar-refractivity contribution in [2.45, 2.75) is 32.1 Å². The summed E-state index contributed by atoms with van der Waals surface area (Å²) in [6.07, 6.45) is -3.56. The van der Waals surface area contributed by atoms with E-state index in [1.54, 1.807) is 47.4 Å². The molecule has 3 aromatic carbocycles. The van der Waals surface area contributed by atoms with Gasteiger partial charge in [-0.3, -0.25) is 23.7 Å². The number of hydrogen-bond donors (Lipinski definition) is 2. The number of para-hydroxylation sites is 1. The van der Waals surface area contributed by atoms with E-state index in [9.17, 15) is 32.3 Å². The summed E-state index contributed by atoms with van der Waals surface area (Å²) in [4.78, 5) is 59.3. The second kappa shape index (κ2) is 13.2. The van der Waals surface area contributed by atoms with Crippen LogP contribution in [-0.2, 0) is 27.1 Å². The molecule has 1 aliphatic heterocycles. The van der Waals surface area contributed by atoms with Crippen molar-refractivity contribution in [2.24, 2.45) is 0 Å². The zero-order valence-electron chi connectivity index (χ0n) is 24.4. The molecule has 0 saturated carbocycles. The van der Waals surface area contributed by atoms with Crippen LogP contribution in [0.15, 0.2) is 83.9 Å². The molecular formula is C32H31F3N6O4. The van der Waals surface area contributed by atoms with Gasteiger partial charge in [-0.25, -0.2) is 4.98 Å². The molecule has 0 bridgehead atoms. The van der Waals surface area contributed by atoms with Crippen LogP contribution in [0.25, 0.3) is 10.9 Å². The van der Waals surface area contributed by atoms with Gasteiger partial charge in [-0.15, -0.1) is 0 Å². The number of benzene rings is 3. The van der Waals surface area contributed by atoms with Crippen molar-refractivity contribution >= 4 is 40.0 Å². The summed E-state index contributed by atoms with van der Waals surface area (Å²) in [7, 11) is 0. The molecule has 2 N–H and O–H groups in total. The highest BCUT2D eigenvalue weighted by Crippen LogP contribution is 2.30. The Balaban J connectivity index is 1.33. The number of alkyl halides is 3. The largest absolute Gasteiger partial charge is 0.416 e. The first-order valence-corrected chi connectivity index (χ1v) is 14.3. The van der Waals surface area contributed by atoms with Crippen molar-refractivity contribution in [1.29, 1.82) is 0 Å². The van der Waals surface area contributed by atoms with Crippen LogP contribution in [0.5, 0.6) is 0 Å². The van der Waals surface area contributed by atoms with Gasteiger partial charge < -0.3 is 20.4 Å². The van der Waals surface area contributed by atoms with Crippen molar-refractivity contribution in [3.63, 3.8) is 0 Å². The lowest BCUT2D eigenvalue weighted by Gasteiger charge is -2.35. The van der Waals surface area contributed by atoms with Crippen LogP contribution in [0.4, 0.5) is 24.5 Å². The highest BCUT2D eigenvalue weighted by atomic mass is 19.4. The predicted octanol–water partition coefficient (Wildman–Crippen LogP) is 3.97. The molecule has 45 heavy (non-hydrogen) atoms. The molecule has 2 heterocycles. The van der Waals surface area contributed by atoms with E-state index < -0.39 is 41.7 Å². The molecule has 13 heteroatoms. The van der Waals surface area contributed by atoms with Gasteiger partial charge in [-0.1, -0.05) is 30.3 Å². The van der Waals surface area contributed by atoms with Crippen LogP contribution < -0.4 is 21.1 Å². The summed E-state index contributed by atoms with van der Waals surface area (Å²) >= 11 is 0. The molecule has 0 radical (unpaired) electrons. The summed E-state index contributed by atoms with van der Waals surface area (Å²) < 4.78 is 40.6. The molecule has 1 fully saturated rings. The maximum absolute atomic E-state index is 13.4. The monoisotopic (exact) mass is 620 g/mol. The molecule has 234 valence electrons. The first kappa shape index (κ1) is 31.2. The van der Waals surface area contributed by atoms with Crippen LogP contribution >= 0.6 is 0 Å². The van der Waals surface area contributed by atoms with E-state index in [0.717, 1.165) is 22.4 Å². The van der Waals surface area contributed by atoms with Crippen LogP contribution in [0.2, 0.25) is 0 Å². The Morgan fingerprint density at radius 3 is 2.24 bits per heavy atom. The van der Waals surface area contributed by atoms with Crippen molar-refractivity contribution in [1.82, 2.24) is 19.8 Å². The zero-order valence-corrected chi connectivity index (χ0v) is 24.4. The molecule has 1 aliphatic rings. The minimum absolute atomic E-state index is 0.0101. The summed E-state index contributed by atoms with van der Waals surface area (Å²) in [5, 5.41) is 5.71. The zero-order chi connectivity index (χ0) is 32.1. The summed E-state index contributed by atoms with van der Waals surface area (Å²) in [6.45, 7) is 3.43. The van der Waals surface area contributed by atoms with Gasteiger partial charge in [0.25, 0.3) is 5.56 Å². The summed E-state index contributed by atoms with van der Waals surface area (Å²) in [5.74, 6) is -1.09. The van der Waals surface area contributed by atoms with Crippen LogP contribution in [-0.4, -0.2) is 58.4 Å². The van der Waals surface area contributed by atoms with Gasteiger partial charge in [0.15, 0.2) is 0 Å². The molecule has 4 aromatic rings. The molecule has 1 atom stereocenters. The number of rotatable bonds is 8. The van der Waals surface area contributed by atoms with E-state index in [1.165, 1.54) is 25.4 Å². The fraction of sp³-hybridized carbons (Fsp3) is 0.281. The van der Waals surface area contributed by atoms with Gasteiger partial charge in [-0.05, 0) is 48.0 Å². The van der Waals surface area contributed by atoms with Gasteiger partial charge in [0, 0.05) is 44.5 Å². The first-order chi connectivity index (χ1) is 21.5. The molecule has 10 nitrogen and oxygen atoms in total. The Hall–Kier alpha value is -5.20. The molecule has 1 saturated heterocycles. The highest BCUT2D eigenvalue weighted by Gasteiger charge is 2.30. The average molecular weight is 621 g/mol. The number of carbonyl (C=O) groups excluding carboxylic acids is 3. The lowest BCUT2D eigenvalue weighted by molar-refractivity contribution is -0.137. The second-order valence-electron chi connectivity index (χ2n) is 10.7. The Morgan fingerprint density at radius 2 is 1.60 bits per heavy atom. The normalized spacial score (nSPS) is 14.2. The van der Waals surface area contributed by atoms with Gasteiger partial charge in [0.1, 0.15) is 6.54 Å². The number of nitrogens with zero attached hydrogens (tertiary/aromatic N) is 4. The van der Waals surface area contributed by atoms with Gasteiger partial charge >= 0.3 is 6.18 Å². The van der Waals surface area contributed by atoms with E-state index in [2.05, 4.69) is 20.5 Å². The van der Waals surface area contributed by atoms with E-state index in [-0.39, 0.29) is 17.9 Å². The Labute approximate surface area is 256 Å². The summed E-state index contributed by atoms with van der Waals surface area (Å²) in [6, 6.07) is 17.1. The van der Waals surface area contributed by atoms with Crippen LogP contribution in [0, 0.1) is 0 Å². The topological polar surface area (TPSA) is 117 Å². The maximum atomic E-state index is 13.4. The fourth-order valence-electron chi connectivity index (χ4n) is 5.21. The standard InChI is InChI=1S/C32H31F3N6O4/c1-21(42)39-13-15-40(16-14-39)25-11-12-27-26(17-25)31(45)41(20-36-27)19-30(44)38-28(18-29(43)37-24-5-3-2-4-6-24)22-7-9-23(10-8-22)32(33,34)35/h2-12,17,20,28H,13-16,18-19H2,1H3,(H,37,43)(H,38,44). The van der Waals surface area contributed by atoms with Crippen molar-refractivity contribution in [3.8, 4) is 0 Å². The fourth-order valence-corrected chi connectivity index (χ4v) is 5.21. The van der Waals surface area contributed by atoms with Crippen molar-refractivity contribution < 1.29 is 27.6 Å². The number of fused-ring (bicyclic) bond motifs is 1. The number of anilines is 2. The SMILES string of the molecule is CC(=O)N1CCN(c2ccc3ncn(CC(=O)NC(CC(=O)Nc4ccccc4)c4ccc(C(F)(F)F)cc4)c(=O)c3c2)CC1. The Bertz CT molecular complexity index is 1750. The quantitative estimate of drug-likeness (QED) is 0.308.